The number of aryl methyl sites for hydroxylation is 4. The highest BCUT2D eigenvalue weighted by Gasteiger charge is 2.18. The summed E-state index contributed by atoms with van der Waals surface area (Å²) >= 11 is 0. The molecule has 4 heteroatoms. The van der Waals surface area contributed by atoms with Crippen LogP contribution in [-0.4, -0.2) is 18.4 Å². The van der Waals surface area contributed by atoms with Crippen molar-refractivity contribution < 1.29 is 9.59 Å². The molecule has 2 amide bonds. The Morgan fingerprint density at radius 2 is 1.50 bits per heavy atom. The number of nitrogens with one attached hydrogen (secondary N) is 1. The minimum absolute atomic E-state index is 0.00739. The second kappa shape index (κ2) is 7.30. The summed E-state index contributed by atoms with van der Waals surface area (Å²) in [4.78, 5) is 25.9. The highest BCUT2D eigenvalue weighted by Crippen LogP contribution is 2.22. The molecule has 0 spiro atoms. The summed E-state index contributed by atoms with van der Waals surface area (Å²) in [5.74, 6) is -0.366. The fourth-order valence-corrected chi connectivity index (χ4v) is 2.76. The number of carbonyl (C=O) groups excluding carboxylic acids is 2. The van der Waals surface area contributed by atoms with Gasteiger partial charge in [0, 0.05) is 18.3 Å². The van der Waals surface area contributed by atoms with Gasteiger partial charge in [-0.2, -0.15) is 0 Å². The van der Waals surface area contributed by atoms with Crippen LogP contribution in [-0.2, 0) is 9.59 Å². The minimum Gasteiger partial charge on any atom is -0.324 e. The summed E-state index contributed by atoms with van der Waals surface area (Å²) < 4.78 is 0. The molecule has 0 aliphatic carbocycles. The standard InChI is InChI=1S/C20H24N2O2/c1-13-6-8-18(15(3)10-13)21-20(24)12-22(17(5)23)19-9-7-14(2)11-16(19)4/h6-11H,12H2,1-5H3,(H,21,24). The molecule has 2 rings (SSSR count). The molecular weight excluding hydrogens is 300 g/mol. The fraction of sp³-hybridized carbons (Fsp3) is 0.300. The normalized spacial score (nSPS) is 10.4. The molecule has 0 saturated carbocycles. The molecule has 0 fully saturated rings. The van der Waals surface area contributed by atoms with Crippen molar-refractivity contribution in [2.45, 2.75) is 34.6 Å². The van der Waals surface area contributed by atoms with Crippen LogP contribution < -0.4 is 10.2 Å². The summed E-state index contributed by atoms with van der Waals surface area (Å²) in [5, 5.41) is 2.89. The SMILES string of the molecule is CC(=O)N(CC(=O)Nc1ccc(C)cc1C)c1ccc(C)cc1C. The fourth-order valence-electron chi connectivity index (χ4n) is 2.76. The Morgan fingerprint density at radius 1 is 0.917 bits per heavy atom. The van der Waals surface area contributed by atoms with E-state index in [1.165, 1.54) is 11.8 Å². The molecule has 2 aromatic rings. The first-order chi connectivity index (χ1) is 11.3. The second-order valence-electron chi connectivity index (χ2n) is 6.26. The van der Waals surface area contributed by atoms with Crippen LogP contribution in [0.1, 0.15) is 29.2 Å². The number of anilines is 2. The van der Waals surface area contributed by atoms with E-state index in [-0.39, 0.29) is 18.4 Å². The van der Waals surface area contributed by atoms with E-state index in [0.717, 1.165) is 33.6 Å². The summed E-state index contributed by atoms with van der Waals surface area (Å²) in [6, 6.07) is 11.7. The van der Waals surface area contributed by atoms with Crippen molar-refractivity contribution in [3.8, 4) is 0 Å². The van der Waals surface area contributed by atoms with E-state index in [2.05, 4.69) is 5.32 Å². The molecule has 0 radical (unpaired) electrons. The molecule has 0 aromatic heterocycles. The van der Waals surface area contributed by atoms with Gasteiger partial charge in [-0.3, -0.25) is 9.59 Å². The quantitative estimate of drug-likeness (QED) is 0.927. The average molecular weight is 324 g/mol. The van der Waals surface area contributed by atoms with Gasteiger partial charge in [0.2, 0.25) is 11.8 Å². The predicted octanol–water partition coefficient (Wildman–Crippen LogP) is 3.91. The maximum absolute atomic E-state index is 12.4. The van der Waals surface area contributed by atoms with E-state index < -0.39 is 0 Å². The van der Waals surface area contributed by atoms with Crippen LogP contribution in [0.25, 0.3) is 0 Å². The Morgan fingerprint density at radius 3 is 2.04 bits per heavy atom. The first-order valence-electron chi connectivity index (χ1n) is 8.00. The highest BCUT2D eigenvalue weighted by atomic mass is 16.2. The van der Waals surface area contributed by atoms with Gasteiger partial charge in [0.15, 0.2) is 0 Å². The molecule has 126 valence electrons. The highest BCUT2D eigenvalue weighted by molar-refractivity contribution is 6.02. The van der Waals surface area contributed by atoms with E-state index in [1.807, 2.05) is 64.1 Å². The van der Waals surface area contributed by atoms with Crippen molar-refractivity contribution in [1.29, 1.82) is 0 Å². The molecule has 4 nitrogen and oxygen atoms in total. The van der Waals surface area contributed by atoms with Crippen molar-refractivity contribution in [2.75, 3.05) is 16.8 Å². The Balaban J connectivity index is 2.18. The van der Waals surface area contributed by atoms with Gasteiger partial charge in [0.25, 0.3) is 0 Å². The third kappa shape index (κ3) is 4.22. The summed E-state index contributed by atoms with van der Waals surface area (Å²) in [7, 11) is 0. The van der Waals surface area contributed by atoms with E-state index in [1.54, 1.807) is 0 Å². The van der Waals surface area contributed by atoms with Gasteiger partial charge >= 0.3 is 0 Å². The first-order valence-corrected chi connectivity index (χ1v) is 8.00. The number of carbonyl (C=O) groups is 2. The number of hydrogen-bond acceptors (Lipinski definition) is 2. The first kappa shape index (κ1) is 17.7. The molecule has 0 heterocycles. The Labute approximate surface area is 143 Å². The van der Waals surface area contributed by atoms with Crippen LogP contribution in [0, 0.1) is 27.7 Å². The third-order valence-electron chi connectivity index (χ3n) is 3.98. The molecule has 0 unspecified atom stereocenters. The molecule has 1 N–H and O–H groups in total. The van der Waals surface area contributed by atoms with E-state index in [9.17, 15) is 9.59 Å². The lowest BCUT2D eigenvalue weighted by Gasteiger charge is -2.23. The van der Waals surface area contributed by atoms with Crippen molar-refractivity contribution in [3.05, 3.63) is 58.7 Å². The van der Waals surface area contributed by atoms with E-state index in [4.69, 9.17) is 0 Å². The van der Waals surface area contributed by atoms with Crippen molar-refractivity contribution in [3.63, 3.8) is 0 Å². The Kier molecular flexibility index (Phi) is 5.39. The van der Waals surface area contributed by atoms with Crippen LogP contribution in [0.3, 0.4) is 0 Å². The number of nitrogens with zero attached hydrogens (tertiary/aromatic N) is 1. The number of rotatable bonds is 4. The van der Waals surface area contributed by atoms with Crippen LogP contribution in [0.4, 0.5) is 11.4 Å². The molecule has 0 atom stereocenters. The lowest BCUT2D eigenvalue weighted by molar-refractivity contribution is -0.120. The summed E-state index contributed by atoms with van der Waals surface area (Å²) in [5.41, 5.74) is 5.79. The summed E-state index contributed by atoms with van der Waals surface area (Å²) in [6.45, 7) is 9.38. The smallest absolute Gasteiger partial charge is 0.244 e. The third-order valence-corrected chi connectivity index (χ3v) is 3.98. The molecule has 0 saturated heterocycles. The predicted molar refractivity (Wildman–Crippen MR) is 98.5 cm³/mol. The monoisotopic (exact) mass is 324 g/mol. The maximum Gasteiger partial charge on any atom is 0.244 e. The molecule has 0 bridgehead atoms. The molecule has 24 heavy (non-hydrogen) atoms. The summed E-state index contributed by atoms with van der Waals surface area (Å²) in [6.07, 6.45) is 0. The Bertz CT molecular complexity index is 781. The number of hydrogen-bond donors (Lipinski definition) is 1. The van der Waals surface area contributed by atoms with E-state index >= 15 is 0 Å². The van der Waals surface area contributed by atoms with Crippen molar-refractivity contribution >= 4 is 23.2 Å². The molecule has 0 aliphatic rings. The second-order valence-corrected chi connectivity index (χ2v) is 6.26. The van der Waals surface area contributed by atoms with Crippen LogP contribution in [0.15, 0.2) is 36.4 Å². The van der Waals surface area contributed by atoms with Gasteiger partial charge in [-0.15, -0.1) is 0 Å². The van der Waals surface area contributed by atoms with Crippen LogP contribution in [0.5, 0.6) is 0 Å². The zero-order valence-corrected chi connectivity index (χ0v) is 14.9. The van der Waals surface area contributed by atoms with Crippen LogP contribution >= 0.6 is 0 Å². The Hall–Kier alpha value is -2.62. The van der Waals surface area contributed by atoms with Gasteiger partial charge < -0.3 is 10.2 Å². The minimum atomic E-state index is -0.211. The van der Waals surface area contributed by atoms with E-state index in [0.29, 0.717) is 0 Å². The van der Waals surface area contributed by atoms with Crippen molar-refractivity contribution in [1.82, 2.24) is 0 Å². The maximum atomic E-state index is 12.4. The van der Waals surface area contributed by atoms with Gasteiger partial charge in [0.05, 0.1) is 0 Å². The molecule has 0 aliphatic heterocycles. The van der Waals surface area contributed by atoms with Crippen LogP contribution in [0.2, 0.25) is 0 Å². The average Bonchev–Trinajstić information content (AvgIpc) is 2.48. The lowest BCUT2D eigenvalue weighted by atomic mass is 10.1. The number of benzene rings is 2. The van der Waals surface area contributed by atoms with Gasteiger partial charge in [-0.25, -0.2) is 0 Å². The number of amides is 2. The van der Waals surface area contributed by atoms with Gasteiger partial charge in [-0.05, 0) is 51.0 Å². The van der Waals surface area contributed by atoms with Gasteiger partial charge in [-0.1, -0.05) is 35.4 Å². The zero-order chi connectivity index (χ0) is 17.9. The zero-order valence-electron chi connectivity index (χ0n) is 14.9. The largest absolute Gasteiger partial charge is 0.324 e. The molecule has 2 aromatic carbocycles. The topological polar surface area (TPSA) is 49.4 Å². The lowest BCUT2D eigenvalue weighted by Crippen LogP contribution is -2.37. The van der Waals surface area contributed by atoms with Gasteiger partial charge in [0.1, 0.15) is 6.54 Å². The molecular formula is C20H24N2O2. The van der Waals surface area contributed by atoms with Crippen molar-refractivity contribution in [2.24, 2.45) is 0 Å².